The maximum absolute atomic E-state index is 9.81. The van der Waals surface area contributed by atoms with Gasteiger partial charge in [-0.25, -0.2) is 0 Å². The second kappa shape index (κ2) is 5.05. The van der Waals surface area contributed by atoms with E-state index in [-0.39, 0.29) is 12.3 Å². The first-order valence-electron chi connectivity index (χ1n) is 5.21. The lowest BCUT2D eigenvalue weighted by Crippen LogP contribution is -1.80. The molecule has 0 saturated heterocycles. The van der Waals surface area contributed by atoms with E-state index < -0.39 is 0 Å². The maximum atomic E-state index is 9.81. The summed E-state index contributed by atoms with van der Waals surface area (Å²) in [7, 11) is 0. The monoisotopic (exact) mass is 225 g/mol. The molecule has 0 fully saturated rings. The highest BCUT2D eigenvalue weighted by Gasteiger charge is 2.02. The Balaban J connectivity index is 2.47. The molecule has 0 amide bonds. The van der Waals surface area contributed by atoms with Gasteiger partial charge >= 0.3 is 0 Å². The average molecular weight is 225 g/mol. The predicted octanol–water partition coefficient (Wildman–Crippen LogP) is 3.87. The van der Waals surface area contributed by atoms with Crippen LogP contribution in [-0.2, 0) is 0 Å². The lowest BCUT2D eigenvalue weighted by molar-refractivity contribution is 0.475. The molecule has 0 saturated carbocycles. The molecule has 1 N–H and O–H groups in total. The molecule has 0 spiro atoms. The first-order valence-corrected chi connectivity index (χ1v) is 5.21. The van der Waals surface area contributed by atoms with E-state index in [2.05, 4.69) is 10.0 Å². The third kappa shape index (κ3) is 2.38. The van der Waals surface area contributed by atoms with Crippen LogP contribution in [0.25, 0.3) is 27.3 Å². The SMILES string of the molecule is [N-]=[N+]=NCC=Cc1c(O)ccc2ccccc12. The number of phenolic OH excluding ortho intramolecular Hbond substituents is 1. The highest BCUT2D eigenvalue weighted by atomic mass is 16.3. The zero-order chi connectivity index (χ0) is 12.1. The van der Waals surface area contributed by atoms with E-state index in [1.807, 2.05) is 30.3 Å². The Hall–Kier alpha value is -2.45. The smallest absolute Gasteiger partial charge is 0.123 e. The molecule has 84 valence electrons. The van der Waals surface area contributed by atoms with Crippen molar-refractivity contribution in [3.63, 3.8) is 0 Å². The fourth-order valence-electron chi connectivity index (χ4n) is 1.71. The van der Waals surface area contributed by atoms with Crippen molar-refractivity contribution in [3.8, 4) is 5.75 Å². The summed E-state index contributed by atoms with van der Waals surface area (Å²) in [6, 6.07) is 11.3. The van der Waals surface area contributed by atoms with Crippen LogP contribution in [0.5, 0.6) is 5.75 Å². The number of rotatable bonds is 3. The molecule has 0 aliphatic heterocycles. The van der Waals surface area contributed by atoms with Gasteiger partial charge in [-0.15, -0.1) is 0 Å². The number of benzene rings is 2. The molecule has 0 aromatic heterocycles. The zero-order valence-corrected chi connectivity index (χ0v) is 9.11. The van der Waals surface area contributed by atoms with Gasteiger partial charge in [0.25, 0.3) is 0 Å². The van der Waals surface area contributed by atoms with E-state index in [1.54, 1.807) is 18.2 Å². The Morgan fingerprint density at radius 2 is 2.06 bits per heavy atom. The van der Waals surface area contributed by atoms with Crippen molar-refractivity contribution in [2.24, 2.45) is 5.11 Å². The highest BCUT2D eigenvalue weighted by Crippen LogP contribution is 2.28. The van der Waals surface area contributed by atoms with E-state index in [0.29, 0.717) is 0 Å². The predicted molar refractivity (Wildman–Crippen MR) is 68.7 cm³/mol. The molecule has 0 atom stereocenters. The number of hydrogen-bond acceptors (Lipinski definition) is 2. The number of hydrogen-bond donors (Lipinski definition) is 1. The van der Waals surface area contributed by atoms with E-state index in [9.17, 15) is 5.11 Å². The summed E-state index contributed by atoms with van der Waals surface area (Å²) in [6.45, 7) is 0.277. The standard InChI is InChI=1S/C13H11N3O/c14-16-15-9-3-6-12-11-5-2-1-4-10(11)7-8-13(12)17/h1-8,17H,9H2. The Kier molecular flexibility index (Phi) is 3.28. The van der Waals surface area contributed by atoms with Crippen molar-refractivity contribution in [2.45, 2.75) is 0 Å². The van der Waals surface area contributed by atoms with Gasteiger partial charge in [-0.1, -0.05) is 47.6 Å². The Labute approximate surface area is 98.4 Å². The molecule has 0 heterocycles. The molecule has 2 aromatic rings. The second-order valence-electron chi connectivity index (χ2n) is 3.54. The van der Waals surface area contributed by atoms with Gasteiger partial charge in [-0.05, 0) is 22.4 Å². The van der Waals surface area contributed by atoms with Crippen molar-refractivity contribution in [1.29, 1.82) is 0 Å². The molecule has 2 rings (SSSR count). The van der Waals surface area contributed by atoms with Gasteiger partial charge < -0.3 is 5.11 Å². The van der Waals surface area contributed by atoms with Gasteiger partial charge in [-0.2, -0.15) is 0 Å². The van der Waals surface area contributed by atoms with Crippen molar-refractivity contribution in [3.05, 3.63) is 58.5 Å². The quantitative estimate of drug-likeness (QED) is 0.480. The highest BCUT2D eigenvalue weighted by molar-refractivity contribution is 5.92. The van der Waals surface area contributed by atoms with Gasteiger partial charge in [-0.3, -0.25) is 0 Å². The van der Waals surface area contributed by atoms with Crippen LogP contribution in [0.1, 0.15) is 5.56 Å². The van der Waals surface area contributed by atoms with Gasteiger partial charge in [0.2, 0.25) is 0 Å². The molecule has 4 heteroatoms. The minimum absolute atomic E-state index is 0.223. The van der Waals surface area contributed by atoms with E-state index in [1.165, 1.54) is 0 Å². The summed E-state index contributed by atoms with van der Waals surface area (Å²) in [5, 5.41) is 15.3. The number of azide groups is 1. The molecule has 17 heavy (non-hydrogen) atoms. The van der Waals surface area contributed by atoms with Crippen LogP contribution in [0.15, 0.2) is 47.6 Å². The first-order chi connectivity index (χ1) is 8.33. The van der Waals surface area contributed by atoms with Gasteiger partial charge in [0.05, 0.1) is 0 Å². The number of aromatic hydroxyl groups is 1. The first kappa shape index (κ1) is 11.0. The molecular formula is C13H11N3O. The van der Waals surface area contributed by atoms with Crippen LogP contribution in [0.3, 0.4) is 0 Å². The number of fused-ring (bicyclic) bond motifs is 1. The largest absolute Gasteiger partial charge is 0.507 e. The van der Waals surface area contributed by atoms with Crippen molar-refractivity contribution >= 4 is 16.8 Å². The summed E-state index contributed by atoms with van der Waals surface area (Å²) in [5.74, 6) is 0.223. The summed E-state index contributed by atoms with van der Waals surface area (Å²) in [4.78, 5) is 2.66. The summed E-state index contributed by atoms with van der Waals surface area (Å²) >= 11 is 0. The normalized spacial score (nSPS) is 10.6. The van der Waals surface area contributed by atoms with E-state index in [0.717, 1.165) is 16.3 Å². The van der Waals surface area contributed by atoms with E-state index >= 15 is 0 Å². The number of phenols is 1. The second-order valence-corrected chi connectivity index (χ2v) is 3.54. The third-order valence-corrected chi connectivity index (χ3v) is 2.48. The molecule has 0 aliphatic carbocycles. The van der Waals surface area contributed by atoms with Crippen LogP contribution in [0.4, 0.5) is 0 Å². The molecule has 0 aliphatic rings. The van der Waals surface area contributed by atoms with Crippen LogP contribution in [-0.4, -0.2) is 11.7 Å². The lowest BCUT2D eigenvalue weighted by Gasteiger charge is -2.04. The summed E-state index contributed by atoms with van der Waals surface area (Å²) < 4.78 is 0. The van der Waals surface area contributed by atoms with Crippen LogP contribution in [0.2, 0.25) is 0 Å². The topological polar surface area (TPSA) is 69.0 Å². The Morgan fingerprint density at radius 1 is 1.24 bits per heavy atom. The van der Waals surface area contributed by atoms with Crippen LogP contribution in [0, 0.1) is 0 Å². The van der Waals surface area contributed by atoms with Gasteiger partial charge in [0.1, 0.15) is 5.75 Å². The molecule has 0 unspecified atom stereocenters. The molecule has 2 aromatic carbocycles. The summed E-state index contributed by atoms with van der Waals surface area (Å²) in [6.07, 6.45) is 3.49. The minimum atomic E-state index is 0.223. The van der Waals surface area contributed by atoms with E-state index in [4.69, 9.17) is 5.53 Å². The molecular weight excluding hydrogens is 214 g/mol. The molecule has 4 nitrogen and oxygen atoms in total. The minimum Gasteiger partial charge on any atom is -0.507 e. The zero-order valence-electron chi connectivity index (χ0n) is 9.11. The maximum Gasteiger partial charge on any atom is 0.123 e. The number of nitrogens with zero attached hydrogens (tertiary/aromatic N) is 3. The average Bonchev–Trinajstić information content (AvgIpc) is 2.37. The fraction of sp³-hybridized carbons (Fsp3) is 0.0769. The Bertz CT molecular complexity index is 613. The molecule has 0 radical (unpaired) electrons. The van der Waals surface area contributed by atoms with Gasteiger partial charge in [0.15, 0.2) is 0 Å². The summed E-state index contributed by atoms with van der Waals surface area (Å²) in [5.41, 5.74) is 8.91. The third-order valence-electron chi connectivity index (χ3n) is 2.48. The van der Waals surface area contributed by atoms with Crippen molar-refractivity contribution in [1.82, 2.24) is 0 Å². The Morgan fingerprint density at radius 3 is 2.88 bits per heavy atom. The van der Waals surface area contributed by atoms with Crippen LogP contribution < -0.4 is 0 Å². The molecule has 0 bridgehead atoms. The van der Waals surface area contributed by atoms with Gasteiger partial charge in [0, 0.05) is 17.0 Å². The van der Waals surface area contributed by atoms with Crippen LogP contribution >= 0.6 is 0 Å². The van der Waals surface area contributed by atoms with Crippen molar-refractivity contribution in [2.75, 3.05) is 6.54 Å². The fourth-order valence-corrected chi connectivity index (χ4v) is 1.71. The lowest BCUT2D eigenvalue weighted by atomic mass is 10.0. The van der Waals surface area contributed by atoms with Crippen molar-refractivity contribution < 1.29 is 5.11 Å².